The molecule has 1 spiro atoms. The molecule has 0 radical (unpaired) electrons. The largest absolute Gasteiger partial charge is 0.248 e. The molecule has 3 aliphatic rings. The summed E-state index contributed by atoms with van der Waals surface area (Å²) >= 11 is 0. The average Bonchev–Trinajstić information content (AvgIpc) is 3.58. The van der Waals surface area contributed by atoms with Gasteiger partial charge in [-0.3, -0.25) is 0 Å². The summed E-state index contributed by atoms with van der Waals surface area (Å²) in [7, 11) is 0. The molecule has 59 heavy (non-hydrogen) atoms. The van der Waals surface area contributed by atoms with Crippen LogP contribution in [0.25, 0.3) is 44.8 Å². The molecule has 1 heterocycles. The lowest BCUT2D eigenvalue weighted by Crippen LogP contribution is -2.41. The van der Waals surface area contributed by atoms with Gasteiger partial charge in [0.05, 0.1) is 16.8 Å². The first-order chi connectivity index (χ1) is 29.0. The Labute approximate surface area is 349 Å². The molecule has 1 aromatic heterocycles. The smallest absolute Gasteiger partial charge is 0.0722 e. The van der Waals surface area contributed by atoms with Crippen LogP contribution in [0.3, 0.4) is 0 Å². The number of benzene rings is 6. The molecule has 6 aromatic carbocycles. The van der Waals surface area contributed by atoms with Crippen molar-refractivity contribution in [2.75, 3.05) is 0 Å². The van der Waals surface area contributed by atoms with Crippen LogP contribution in [0.4, 0.5) is 0 Å². The lowest BCUT2D eigenvalue weighted by Gasteiger charge is -2.47. The van der Waals surface area contributed by atoms with Crippen LogP contribution < -0.4 is 0 Å². The monoisotopic (exact) mass is 757 g/mol. The fourth-order valence-electron chi connectivity index (χ4n) is 10.1. The van der Waals surface area contributed by atoms with Gasteiger partial charge >= 0.3 is 0 Å². The highest BCUT2D eigenvalue weighted by Crippen LogP contribution is 2.62. The Morgan fingerprint density at radius 2 is 1.07 bits per heavy atom. The van der Waals surface area contributed by atoms with Crippen molar-refractivity contribution in [2.45, 2.75) is 44.4 Å². The summed E-state index contributed by atoms with van der Waals surface area (Å²) in [6, 6.07) is 62.0. The molecule has 3 aliphatic carbocycles. The van der Waals surface area contributed by atoms with E-state index in [1.54, 1.807) is 0 Å². The van der Waals surface area contributed by atoms with Gasteiger partial charge < -0.3 is 0 Å². The van der Waals surface area contributed by atoms with Crippen molar-refractivity contribution < 1.29 is 0 Å². The van der Waals surface area contributed by atoms with Gasteiger partial charge in [-0.15, -0.1) is 0 Å². The Kier molecular flexibility index (Phi) is 9.18. The number of nitrogens with zero attached hydrogens (tertiary/aromatic N) is 1. The maximum Gasteiger partial charge on any atom is 0.0722 e. The van der Waals surface area contributed by atoms with Gasteiger partial charge in [0.25, 0.3) is 0 Å². The minimum absolute atomic E-state index is 0.181. The first-order valence-corrected chi connectivity index (χ1v) is 21.0. The fourth-order valence-corrected chi connectivity index (χ4v) is 10.1. The molecular formula is C58H47N. The van der Waals surface area contributed by atoms with Crippen LogP contribution in [0, 0.1) is 0 Å². The van der Waals surface area contributed by atoms with Crippen LogP contribution in [-0.2, 0) is 10.8 Å². The van der Waals surface area contributed by atoms with Crippen molar-refractivity contribution in [3.63, 3.8) is 0 Å². The number of hydrogen-bond donors (Lipinski definition) is 0. The average molecular weight is 758 g/mol. The highest BCUT2D eigenvalue weighted by atomic mass is 14.7. The second kappa shape index (κ2) is 14.8. The summed E-state index contributed by atoms with van der Waals surface area (Å²) in [4.78, 5) is 5.54. The van der Waals surface area contributed by atoms with Gasteiger partial charge in [-0.25, -0.2) is 4.98 Å². The Balaban J connectivity index is 1.28. The zero-order chi connectivity index (χ0) is 40.0. The second-order valence-electron chi connectivity index (χ2n) is 16.5. The van der Waals surface area contributed by atoms with Crippen molar-refractivity contribution in [1.82, 2.24) is 4.98 Å². The molecule has 0 amide bonds. The Morgan fingerprint density at radius 3 is 1.71 bits per heavy atom. The molecule has 0 N–H and O–H groups in total. The van der Waals surface area contributed by atoms with E-state index in [-0.39, 0.29) is 5.41 Å². The fraction of sp³-hybridized carbons (Fsp3) is 0.121. The van der Waals surface area contributed by atoms with Gasteiger partial charge in [0, 0.05) is 16.5 Å². The minimum Gasteiger partial charge on any atom is -0.248 e. The molecule has 0 atom stereocenters. The highest BCUT2D eigenvalue weighted by molar-refractivity contribution is 5.99. The van der Waals surface area contributed by atoms with Gasteiger partial charge in [-0.2, -0.15) is 0 Å². The predicted octanol–water partition coefficient (Wildman–Crippen LogP) is 14.8. The molecule has 1 nitrogen and oxygen atoms in total. The number of hydrogen-bond acceptors (Lipinski definition) is 1. The Morgan fingerprint density at radius 1 is 0.508 bits per heavy atom. The number of pyridine rings is 1. The van der Waals surface area contributed by atoms with Crippen LogP contribution >= 0.6 is 0 Å². The molecule has 10 rings (SSSR count). The van der Waals surface area contributed by atoms with E-state index >= 15 is 0 Å². The third kappa shape index (κ3) is 6.04. The Bertz CT molecular complexity index is 2770. The minimum atomic E-state index is -0.546. The molecule has 284 valence electrons. The molecule has 0 saturated heterocycles. The van der Waals surface area contributed by atoms with Gasteiger partial charge in [0.15, 0.2) is 0 Å². The van der Waals surface area contributed by atoms with Crippen molar-refractivity contribution in [3.05, 3.63) is 256 Å². The molecule has 0 aliphatic heterocycles. The molecule has 0 bridgehead atoms. The SMILES string of the molecule is C/C=C\C1=C(/C=C/C2=CC(c3ccccc3)=CCC2)c2c(-c3cc(-c4ccccc4)cc(-c4ccccc4)n3)cccc2C12c1ccccc1C(C)(C)c1ccccc12. The first kappa shape index (κ1) is 36.5. The standard InChI is InChI=1S/C58H47N/c1-4-20-48-46(36-35-40-21-18-28-44(37-40)41-22-8-5-9-23-41)56-47(55-39-45(42-24-10-6-11-25-42)38-54(59-55)43-26-12-7-13-27-43)29-19-34-53(56)58(48)51-32-16-14-30-49(51)57(2,3)50-31-15-17-33-52(50)58/h4-17,19-20,22-39H,18,21H2,1-3H3/b20-4-,36-35+. The number of allylic oxidation sites excluding steroid dienone is 10. The van der Waals surface area contributed by atoms with E-state index in [4.69, 9.17) is 4.98 Å². The summed E-state index contributed by atoms with van der Waals surface area (Å²) in [6.07, 6.45) is 16.2. The van der Waals surface area contributed by atoms with E-state index in [2.05, 4.69) is 227 Å². The zero-order valence-electron chi connectivity index (χ0n) is 34.0. The topological polar surface area (TPSA) is 12.9 Å². The van der Waals surface area contributed by atoms with Gasteiger partial charge in [0.1, 0.15) is 0 Å². The number of aromatic nitrogens is 1. The van der Waals surface area contributed by atoms with Crippen molar-refractivity contribution in [1.29, 1.82) is 0 Å². The van der Waals surface area contributed by atoms with E-state index in [9.17, 15) is 0 Å². The number of fused-ring (bicyclic) bond motifs is 6. The van der Waals surface area contributed by atoms with Crippen LogP contribution in [0.15, 0.2) is 217 Å². The maximum atomic E-state index is 5.54. The first-order valence-electron chi connectivity index (χ1n) is 21.0. The predicted molar refractivity (Wildman–Crippen MR) is 248 cm³/mol. The quantitative estimate of drug-likeness (QED) is 0.158. The highest BCUT2D eigenvalue weighted by Gasteiger charge is 2.54. The van der Waals surface area contributed by atoms with E-state index in [0.717, 1.165) is 40.9 Å². The van der Waals surface area contributed by atoms with E-state index in [0.29, 0.717) is 0 Å². The molecule has 0 unspecified atom stereocenters. The van der Waals surface area contributed by atoms with Gasteiger partial charge in [-0.05, 0) is 104 Å². The summed E-state index contributed by atoms with van der Waals surface area (Å²) in [5.41, 5.74) is 20.2. The van der Waals surface area contributed by atoms with Gasteiger partial charge in [0.2, 0.25) is 0 Å². The lowest BCUT2D eigenvalue weighted by atomic mass is 9.55. The van der Waals surface area contributed by atoms with Crippen LogP contribution in [0.2, 0.25) is 0 Å². The summed E-state index contributed by atoms with van der Waals surface area (Å²) < 4.78 is 0. The molecular weight excluding hydrogens is 711 g/mol. The Hall–Kier alpha value is -6.83. The lowest BCUT2D eigenvalue weighted by molar-refractivity contribution is 0.562. The van der Waals surface area contributed by atoms with Crippen LogP contribution in [0.1, 0.15) is 72.6 Å². The third-order valence-electron chi connectivity index (χ3n) is 12.8. The van der Waals surface area contributed by atoms with Crippen molar-refractivity contribution >= 4 is 11.1 Å². The zero-order valence-corrected chi connectivity index (χ0v) is 34.0. The normalized spacial score (nSPS) is 16.2. The summed E-state index contributed by atoms with van der Waals surface area (Å²) in [5, 5.41) is 0. The third-order valence-corrected chi connectivity index (χ3v) is 12.8. The van der Waals surface area contributed by atoms with Crippen LogP contribution in [0.5, 0.6) is 0 Å². The second-order valence-corrected chi connectivity index (χ2v) is 16.5. The molecule has 0 fully saturated rings. The molecule has 0 saturated carbocycles. The van der Waals surface area contributed by atoms with E-state index in [1.165, 1.54) is 66.8 Å². The summed E-state index contributed by atoms with van der Waals surface area (Å²) in [6.45, 7) is 6.94. The van der Waals surface area contributed by atoms with E-state index in [1.807, 2.05) is 0 Å². The van der Waals surface area contributed by atoms with Crippen molar-refractivity contribution in [2.24, 2.45) is 0 Å². The summed E-state index contributed by atoms with van der Waals surface area (Å²) in [5.74, 6) is 0. The van der Waals surface area contributed by atoms with Gasteiger partial charge in [-0.1, -0.05) is 208 Å². The maximum absolute atomic E-state index is 5.54. The van der Waals surface area contributed by atoms with Crippen LogP contribution in [-0.4, -0.2) is 4.98 Å². The molecule has 7 aromatic rings. The number of rotatable bonds is 7. The molecule has 1 heteroatoms. The van der Waals surface area contributed by atoms with Crippen molar-refractivity contribution in [3.8, 4) is 33.6 Å². The van der Waals surface area contributed by atoms with E-state index < -0.39 is 5.41 Å².